The Morgan fingerprint density at radius 2 is 1.95 bits per heavy atom. The number of guanidine groups is 1. The molecular formula is C13H26N6O. The van der Waals surface area contributed by atoms with E-state index in [1.807, 2.05) is 18.4 Å². The first-order chi connectivity index (χ1) is 9.57. The number of aryl methyl sites for hydroxylation is 1. The summed E-state index contributed by atoms with van der Waals surface area (Å²) < 4.78 is 7.34. The molecule has 0 radical (unpaired) electrons. The molecule has 2 N–H and O–H groups in total. The fourth-order valence-corrected chi connectivity index (χ4v) is 1.55. The van der Waals surface area contributed by atoms with E-state index in [-0.39, 0.29) is 5.60 Å². The molecule has 1 aromatic heterocycles. The maximum Gasteiger partial charge on any atom is 0.191 e. The third-order valence-electron chi connectivity index (χ3n) is 3.06. The van der Waals surface area contributed by atoms with Gasteiger partial charge in [0.2, 0.25) is 0 Å². The standard InChI is InChI=1S/C13H26N6O/c1-13(2,20-4)9-16-12(14-3)15-7-5-6-8-19-10-17-18-11-19/h10-11H,5-9H2,1-4H3,(H2,14,15,16). The molecule has 20 heavy (non-hydrogen) atoms. The summed E-state index contributed by atoms with van der Waals surface area (Å²) in [5.41, 5.74) is -0.202. The second-order valence-corrected chi connectivity index (χ2v) is 5.22. The van der Waals surface area contributed by atoms with E-state index < -0.39 is 0 Å². The molecule has 7 nitrogen and oxygen atoms in total. The van der Waals surface area contributed by atoms with E-state index in [9.17, 15) is 0 Å². The molecule has 114 valence electrons. The van der Waals surface area contributed by atoms with Crippen molar-refractivity contribution in [1.29, 1.82) is 0 Å². The maximum absolute atomic E-state index is 5.36. The second kappa shape index (κ2) is 8.52. The average molecular weight is 282 g/mol. The van der Waals surface area contributed by atoms with Crippen molar-refractivity contribution in [3.8, 4) is 0 Å². The Morgan fingerprint density at radius 1 is 1.25 bits per heavy atom. The number of unbranched alkanes of at least 4 members (excludes halogenated alkanes) is 1. The predicted octanol–water partition coefficient (Wildman–Crippen LogP) is 0.648. The normalized spacial score (nSPS) is 12.5. The number of nitrogens with zero attached hydrogens (tertiary/aromatic N) is 4. The number of methoxy groups -OCH3 is 1. The molecule has 0 atom stereocenters. The van der Waals surface area contributed by atoms with Gasteiger partial charge in [-0.15, -0.1) is 10.2 Å². The number of hydrogen-bond donors (Lipinski definition) is 2. The fourth-order valence-electron chi connectivity index (χ4n) is 1.55. The number of ether oxygens (including phenoxy) is 1. The van der Waals surface area contributed by atoms with Crippen LogP contribution in [0.1, 0.15) is 26.7 Å². The van der Waals surface area contributed by atoms with E-state index in [0.717, 1.165) is 31.9 Å². The number of aromatic nitrogens is 3. The predicted molar refractivity (Wildman–Crippen MR) is 79.7 cm³/mol. The third-order valence-corrected chi connectivity index (χ3v) is 3.06. The fraction of sp³-hybridized carbons (Fsp3) is 0.769. The zero-order valence-electron chi connectivity index (χ0n) is 12.9. The number of rotatable bonds is 8. The van der Waals surface area contributed by atoms with Crippen LogP contribution in [0.15, 0.2) is 17.6 Å². The van der Waals surface area contributed by atoms with Gasteiger partial charge in [0.25, 0.3) is 0 Å². The summed E-state index contributed by atoms with van der Waals surface area (Å²) in [5.74, 6) is 0.805. The van der Waals surface area contributed by atoms with Crippen LogP contribution in [-0.2, 0) is 11.3 Å². The van der Waals surface area contributed by atoms with Gasteiger partial charge in [0, 0.05) is 33.8 Å². The van der Waals surface area contributed by atoms with Crippen molar-refractivity contribution in [2.75, 3.05) is 27.2 Å². The van der Waals surface area contributed by atoms with Gasteiger partial charge < -0.3 is 19.9 Å². The highest BCUT2D eigenvalue weighted by molar-refractivity contribution is 5.79. The Morgan fingerprint density at radius 3 is 2.55 bits per heavy atom. The van der Waals surface area contributed by atoms with Crippen molar-refractivity contribution in [3.05, 3.63) is 12.7 Å². The van der Waals surface area contributed by atoms with Crippen molar-refractivity contribution in [2.45, 2.75) is 38.8 Å². The summed E-state index contributed by atoms with van der Waals surface area (Å²) in [6, 6.07) is 0. The maximum atomic E-state index is 5.36. The quantitative estimate of drug-likeness (QED) is 0.416. The minimum absolute atomic E-state index is 0.202. The van der Waals surface area contributed by atoms with Crippen LogP contribution >= 0.6 is 0 Å². The average Bonchev–Trinajstić information content (AvgIpc) is 2.95. The van der Waals surface area contributed by atoms with E-state index in [4.69, 9.17) is 4.74 Å². The summed E-state index contributed by atoms with van der Waals surface area (Å²) in [4.78, 5) is 4.19. The van der Waals surface area contributed by atoms with Gasteiger partial charge in [0.05, 0.1) is 5.60 Å². The van der Waals surface area contributed by atoms with Crippen LogP contribution in [0.4, 0.5) is 0 Å². The molecule has 0 aliphatic heterocycles. The Bertz CT molecular complexity index is 388. The van der Waals surface area contributed by atoms with Crippen LogP contribution in [0.5, 0.6) is 0 Å². The van der Waals surface area contributed by atoms with Gasteiger partial charge in [-0.3, -0.25) is 4.99 Å². The summed E-state index contributed by atoms with van der Waals surface area (Å²) in [6.45, 7) is 6.61. The largest absolute Gasteiger partial charge is 0.377 e. The van der Waals surface area contributed by atoms with Crippen molar-refractivity contribution >= 4 is 5.96 Å². The second-order valence-electron chi connectivity index (χ2n) is 5.22. The van der Waals surface area contributed by atoms with Crippen LogP contribution < -0.4 is 10.6 Å². The lowest BCUT2D eigenvalue weighted by molar-refractivity contribution is 0.0268. The Kier molecular flexibility index (Phi) is 7.00. The molecule has 1 heterocycles. The first kappa shape index (κ1) is 16.4. The van der Waals surface area contributed by atoms with E-state index in [0.29, 0.717) is 6.54 Å². The first-order valence-corrected chi connectivity index (χ1v) is 6.89. The Balaban J connectivity index is 2.12. The molecule has 0 bridgehead atoms. The highest BCUT2D eigenvalue weighted by atomic mass is 16.5. The SMILES string of the molecule is CN=C(NCCCCn1cnnc1)NCC(C)(C)OC. The number of hydrogen-bond acceptors (Lipinski definition) is 4. The van der Waals surface area contributed by atoms with Crippen LogP contribution in [0.3, 0.4) is 0 Å². The Hall–Kier alpha value is -1.63. The van der Waals surface area contributed by atoms with Gasteiger partial charge in [0.15, 0.2) is 5.96 Å². The summed E-state index contributed by atoms with van der Waals surface area (Å²) in [6.07, 6.45) is 5.61. The molecule has 0 aromatic carbocycles. The number of aliphatic imine (C=N–C) groups is 1. The van der Waals surface area contributed by atoms with Gasteiger partial charge in [-0.25, -0.2) is 0 Å². The number of nitrogens with one attached hydrogen (secondary N) is 2. The monoisotopic (exact) mass is 282 g/mol. The zero-order valence-corrected chi connectivity index (χ0v) is 12.9. The van der Waals surface area contributed by atoms with Gasteiger partial charge in [-0.2, -0.15) is 0 Å². The van der Waals surface area contributed by atoms with Crippen LogP contribution in [0.25, 0.3) is 0 Å². The summed E-state index contributed by atoms with van der Waals surface area (Å²) in [7, 11) is 3.48. The summed E-state index contributed by atoms with van der Waals surface area (Å²) >= 11 is 0. The highest BCUT2D eigenvalue weighted by Gasteiger charge is 2.16. The van der Waals surface area contributed by atoms with Crippen LogP contribution in [0, 0.1) is 0 Å². The van der Waals surface area contributed by atoms with Crippen molar-refractivity contribution in [1.82, 2.24) is 25.4 Å². The molecule has 0 fully saturated rings. The third kappa shape index (κ3) is 6.51. The van der Waals surface area contributed by atoms with Crippen molar-refractivity contribution < 1.29 is 4.74 Å². The van der Waals surface area contributed by atoms with Crippen LogP contribution in [0.2, 0.25) is 0 Å². The van der Waals surface area contributed by atoms with Crippen LogP contribution in [-0.4, -0.2) is 53.6 Å². The molecule has 0 amide bonds. The van der Waals surface area contributed by atoms with E-state index in [2.05, 4.69) is 25.8 Å². The van der Waals surface area contributed by atoms with Gasteiger partial charge >= 0.3 is 0 Å². The minimum atomic E-state index is -0.202. The van der Waals surface area contributed by atoms with E-state index in [1.165, 1.54) is 0 Å². The summed E-state index contributed by atoms with van der Waals surface area (Å²) in [5, 5.41) is 14.1. The van der Waals surface area contributed by atoms with Crippen molar-refractivity contribution in [2.24, 2.45) is 4.99 Å². The zero-order chi connectivity index (χ0) is 14.8. The molecule has 0 saturated heterocycles. The molecule has 7 heteroatoms. The molecule has 0 saturated carbocycles. The molecule has 1 rings (SSSR count). The molecule has 0 spiro atoms. The van der Waals surface area contributed by atoms with Gasteiger partial charge in [-0.05, 0) is 26.7 Å². The topological polar surface area (TPSA) is 76.4 Å². The van der Waals surface area contributed by atoms with E-state index >= 15 is 0 Å². The smallest absolute Gasteiger partial charge is 0.191 e. The van der Waals surface area contributed by atoms with Gasteiger partial charge in [0.1, 0.15) is 12.7 Å². The van der Waals surface area contributed by atoms with Crippen molar-refractivity contribution in [3.63, 3.8) is 0 Å². The first-order valence-electron chi connectivity index (χ1n) is 6.89. The molecule has 0 aliphatic carbocycles. The van der Waals surface area contributed by atoms with E-state index in [1.54, 1.807) is 26.8 Å². The molecule has 0 aliphatic rings. The molecule has 1 aromatic rings. The lowest BCUT2D eigenvalue weighted by Crippen LogP contribution is -2.45. The minimum Gasteiger partial charge on any atom is -0.377 e. The lowest BCUT2D eigenvalue weighted by Gasteiger charge is -2.24. The van der Waals surface area contributed by atoms with Gasteiger partial charge in [-0.1, -0.05) is 0 Å². The highest BCUT2D eigenvalue weighted by Crippen LogP contribution is 2.04. The molecular weight excluding hydrogens is 256 g/mol. The Labute approximate surface area is 120 Å². The molecule has 0 unspecified atom stereocenters. The lowest BCUT2D eigenvalue weighted by atomic mass is 10.1.